The summed E-state index contributed by atoms with van der Waals surface area (Å²) in [7, 11) is -2.93. The van der Waals surface area contributed by atoms with Gasteiger partial charge in [-0.15, -0.1) is 0 Å². The van der Waals surface area contributed by atoms with Crippen LogP contribution in [0.15, 0.2) is 54.6 Å². The van der Waals surface area contributed by atoms with Crippen molar-refractivity contribution in [2.75, 3.05) is 18.1 Å². The average Bonchev–Trinajstić information content (AvgIpc) is 2.93. The van der Waals surface area contributed by atoms with Crippen LogP contribution in [0.4, 0.5) is 0 Å². The zero-order chi connectivity index (χ0) is 17.0. The third kappa shape index (κ3) is 4.14. The Morgan fingerprint density at radius 3 is 2.50 bits per heavy atom. The Morgan fingerprint density at radius 1 is 1.08 bits per heavy atom. The molecule has 2 aromatic rings. The van der Waals surface area contributed by atoms with Crippen molar-refractivity contribution in [2.24, 2.45) is 5.92 Å². The number of amides is 1. The van der Waals surface area contributed by atoms with E-state index < -0.39 is 9.84 Å². The van der Waals surface area contributed by atoms with Crippen LogP contribution in [-0.2, 0) is 9.84 Å². The van der Waals surface area contributed by atoms with Crippen molar-refractivity contribution in [3.8, 4) is 11.5 Å². The largest absolute Gasteiger partial charge is 0.457 e. The van der Waals surface area contributed by atoms with Crippen LogP contribution >= 0.6 is 0 Å². The molecule has 0 aromatic heterocycles. The molecule has 5 nitrogen and oxygen atoms in total. The van der Waals surface area contributed by atoms with Gasteiger partial charge in [0.15, 0.2) is 9.84 Å². The highest BCUT2D eigenvalue weighted by Gasteiger charge is 2.28. The predicted octanol–water partition coefficient (Wildman–Crippen LogP) is 2.64. The zero-order valence-electron chi connectivity index (χ0n) is 13.1. The Bertz CT molecular complexity index is 818. The van der Waals surface area contributed by atoms with Crippen LogP contribution in [0.2, 0.25) is 0 Å². The Morgan fingerprint density at radius 2 is 1.79 bits per heavy atom. The Hall–Kier alpha value is -2.34. The number of nitrogens with one attached hydrogen (secondary N) is 1. The first-order valence-electron chi connectivity index (χ1n) is 7.84. The molecule has 1 amide bonds. The molecule has 1 fully saturated rings. The van der Waals surface area contributed by atoms with Gasteiger partial charge < -0.3 is 10.1 Å². The molecule has 0 unspecified atom stereocenters. The topological polar surface area (TPSA) is 72.5 Å². The maximum Gasteiger partial charge on any atom is 0.255 e. The van der Waals surface area contributed by atoms with E-state index in [2.05, 4.69) is 5.32 Å². The molecule has 1 atom stereocenters. The van der Waals surface area contributed by atoms with Crippen LogP contribution in [0.1, 0.15) is 16.8 Å². The van der Waals surface area contributed by atoms with Gasteiger partial charge in [-0.2, -0.15) is 0 Å². The molecule has 24 heavy (non-hydrogen) atoms. The molecule has 1 saturated heterocycles. The van der Waals surface area contributed by atoms with Crippen LogP contribution in [0.25, 0.3) is 0 Å². The number of carbonyl (C=O) groups excluding carboxylic acids is 1. The minimum atomic E-state index is -2.93. The molecule has 0 spiro atoms. The molecule has 1 N–H and O–H groups in total. The second-order valence-electron chi connectivity index (χ2n) is 5.89. The summed E-state index contributed by atoms with van der Waals surface area (Å²) >= 11 is 0. The van der Waals surface area contributed by atoms with Crippen LogP contribution in [0.5, 0.6) is 11.5 Å². The van der Waals surface area contributed by atoms with Crippen LogP contribution in [-0.4, -0.2) is 32.4 Å². The first kappa shape index (κ1) is 16.5. The van der Waals surface area contributed by atoms with Crippen molar-refractivity contribution in [1.29, 1.82) is 0 Å². The predicted molar refractivity (Wildman–Crippen MR) is 92.1 cm³/mol. The second kappa shape index (κ2) is 7.05. The number of carbonyl (C=O) groups is 1. The smallest absolute Gasteiger partial charge is 0.255 e. The Kier molecular flexibility index (Phi) is 4.85. The van der Waals surface area contributed by atoms with Gasteiger partial charge in [-0.05, 0) is 36.6 Å². The zero-order valence-corrected chi connectivity index (χ0v) is 14.0. The normalized spacial score (nSPS) is 18.9. The maximum absolute atomic E-state index is 12.4. The highest BCUT2D eigenvalue weighted by Crippen LogP contribution is 2.25. The fraction of sp³-hybridized carbons (Fsp3) is 0.278. The molecule has 0 saturated carbocycles. The van der Waals surface area contributed by atoms with E-state index in [0.717, 1.165) is 0 Å². The van der Waals surface area contributed by atoms with Crippen molar-refractivity contribution in [3.05, 3.63) is 60.2 Å². The summed E-state index contributed by atoms with van der Waals surface area (Å²) in [5.74, 6) is 1.21. The monoisotopic (exact) mass is 345 g/mol. The van der Waals surface area contributed by atoms with Crippen LogP contribution < -0.4 is 10.1 Å². The summed E-state index contributed by atoms with van der Waals surface area (Å²) in [5, 5.41) is 2.82. The average molecular weight is 345 g/mol. The minimum Gasteiger partial charge on any atom is -0.457 e. The van der Waals surface area contributed by atoms with E-state index in [4.69, 9.17) is 4.74 Å². The third-order valence-electron chi connectivity index (χ3n) is 3.98. The second-order valence-corrected chi connectivity index (χ2v) is 8.12. The van der Waals surface area contributed by atoms with E-state index in [1.54, 1.807) is 24.3 Å². The first-order chi connectivity index (χ1) is 11.5. The summed E-state index contributed by atoms with van der Waals surface area (Å²) in [6.07, 6.45) is 0.602. The lowest BCUT2D eigenvalue weighted by Crippen LogP contribution is -2.30. The van der Waals surface area contributed by atoms with Gasteiger partial charge >= 0.3 is 0 Å². The summed E-state index contributed by atoms with van der Waals surface area (Å²) in [6, 6.07) is 16.3. The SMILES string of the molecule is O=C(NC[C@@H]1CCS(=O)(=O)C1)c1ccccc1Oc1ccccc1. The van der Waals surface area contributed by atoms with Gasteiger partial charge in [-0.25, -0.2) is 8.42 Å². The van der Waals surface area contributed by atoms with Crippen molar-refractivity contribution in [2.45, 2.75) is 6.42 Å². The lowest BCUT2D eigenvalue weighted by molar-refractivity contribution is 0.0946. The molecule has 3 rings (SSSR count). The van der Waals surface area contributed by atoms with E-state index in [1.165, 1.54) is 0 Å². The highest BCUT2D eigenvalue weighted by molar-refractivity contribution is 7.91. The van der Waals surface area contributed by atoms with Crippen molar-refractivity contribution in [3.63, 3.8) is 0 Å². The molecule has 2 aromatic carbocycles. The summed E-state index contributed by atoms with van der Waals surface area (Å²) in [4.78, 5) is 12.4. The first-order valence-corrected chi connectivity index (χ1v) is 9.66. The number of rotatable bonds is 5. The summed E-state index contributed by atoms with van der Waals surface area (Å²) in [6.45, 7) is 0.359. The molecule has 1 heterocycles. The van der Waals surface area contributed by atoms with Crippen LogP contribution in [0, 0.1) is 5.92 Å². The lowest BCUT2D eigenvalue weighted by atomic mass is 10.1. The van der Waals surface area contributed by atoms with Crippen LogP contribution in [0.3, 0.4) is 0 Å². The number of hydrogen-bond acceptors (Lipinski definition) is 4. The number of hydrogen-bond donors (Lipinski definition) is 1. The minimum absolute atomic E-state index is 0.0128. The van der Waals surface area contributed by atoms with Gasteiger partial charge in [0, 0.05) is 6.54 Å². The molecule has 6 heteroatoms. The van der Waals surface area contributed by atoms with E-state index in [9.17, 15) is 13.2 Å². The van der Waals surface area contributed by atoms with E-state index >= 15 is 0 Å². The van der Waals surface area contributed by atoms with E-state index in [0.29, 0.717) is 30.0 Å². The summed E-state index contributed by atoms with van der Waals surface area (Å²) < 4.78 is 28.7. The van der Waals surface area contributed by atoms with Crippen molar-refractivity contribution >= 4 is 15.7 Å². The number of para-hydroxylation sites is 2. The molecule has 1 aliphatic heterocycles. The quantitative estimate of drug-likeness (QED) is 0.904. The Balaban J connectivity index is 1.67. The van der Waals surface area contributed by atoms with Gasteiger partial charge in [-0.1, -0.05) is 30.3 Å². The van der Waals surface area contributed by atoms with Gasteiger partial charge in [0.1, 0.15) is 11.5 Å². The van der Waals surface area contributed by atoms with Gasteiger partial charge in [0.2, 0.25) is 0 Å². The maximum atomic E-state index is 12.4. The van der Waals surface area contributed by atoms with Gasteiger partial charge in [0.25, 0.3) is 5.91 Å². The Labute approximate surface area is 141 Å². The van der Waals surface area contributed by atoms with Crippen molar-refractivity contribution in [1.82, 2.24) is 5.32 Å². The fourth-order valence-corrected chi connectivity index (χ4v) is 4.59. The number of sulfone groups is 1. The standard InChI is InChI=1S/C18H19NO4S/c20-18(19-12-14-10-11-24(21,22)13-14)16-8-4-5-9-17(16)23-15-6-2-1-3-7-15/h1-9,14H,10-13H2,(H,19,20)/t14-/m0/s1. The van der Waals surface area contributed by atoms with E-state index in [1.807, 2.05) is 30.3 Å². The van der Waals surface area contributed by atoms with Crippen molar-refractivity contribution < 1.29 is 17.9 Å². The molecule has 0 radical (unpaired) electrons. The molecule has 1 aliphatic rings. The fourth-order valence-electron chi connectivity index (χ4n) is 2.72. The van der Waals surface area contributed by atoms with E-state index in [-0.39, 0.29) is 23.3 Å². The number of ether oxygens (including phenoxy) is 1. The van der Waals surface area contributed by atoms with Gasteiger partial charge in [0.05, 0.1) is 17.1 Å². The molecule has 0 bridgehead atoms. The lowest BCUT2D eigenvalue weighted by Gasteiger charge is -2.13. The molecule has 126 valence electrons. The highest BCUT2D eigenvalue weighted by atomic mass is 32.2. The third-order valence-corrected chi connectivity index (χ3v) is 5.82. The molecule has 0 aliphatic carbocycles. The van der Waals surface area contributed by atoms with Gasteiger partial charge in [-0.3, -0.25) is 4.79 Å². The molecular formula is C18H19NO4S. The summed E-state index contributed by atoms with van der Waals surface area (Å²) in [5.41, 5.74) is 0.433. The number of benzene rings is 2. The molecular weight excluding hydrogens is 326 g/mol.